The summed E-state index contributed by atoms with van der Waals surface area (Å²) in [6.07, 6.45) is -1.07. The summed E-state index contributed by atoms with van der Waals surface area (Å²) in [5.41, 5.74) is 6.06. The number of amides is 2. The van der Waals surface area contributed by atoms with E-state index in [0.717, 1.165) is 0 Å². The highest BCUT2D eigenvalue weighted by Crippen LogP contribution is 2.31. The van der Waals surface area contributed by atoms with Crippen LogP contribution in [0.5, 0.6) is 11.5 Å². The van der Waals surface area contributed by atoms with Crippen molar-refractivity contribution in [3.8, 4) is 11.5 Å². The van der Waals surface area contributed by atoms with Crippen molar-refractivity contribution in [2.45, 2.75) is 13.0 Å². The van der Waals surface area contributed by atoms with Crippen LogP contribution in [-0.4, -0.2) is 38.1 Å². The number of anilines is 1. The van der Waals surface area contributed by atoms with Crippen molar-refractivity contribution < 1.29 is 28.6 Å². The minimum atomic E-state index is -1.07. The molecule has 0 aliphatic rings. The maximum atomic E-state index is 12.4. The molecule has 0 aliphatic carbocycles. The molecule has 0 spiro atoms. The number of carbonyl (C=O) groups excluding carboxylic acids is 3. The minimum Gasteiger partial charge on any atom is -0.493 e. The molecule has 1 unspecified atom stereocenters. The molecule has 1 atom stereocenters. The molecule has 2 amide bonds. The van der Waals surface area contributed by atoms with Crippen molar-refractivity contribution in [1.29, 1.82) is 0 Å². The average Bonchev–Trinajstić information content (AvgIpc) is 2.67. The van der Waals surface area contributed by atoms with E-state index in [0.29, 0.717) is 17.0 Å². The first kappa shape index (κ1) is 19.8. The van der Waals surface area contributed by atoms with Crippen molar-refractivity contribution >= 4 is 23.5 Å². The molecular formula is C19H20N2O6. The zero-order chi connectivity index (χ0) is 20.0. The van der Waals surface area contributed by atoms with E-state index < -0.39 is 23.9 Å². The molecule has 0 fully saturated rings. The Bertz CT molecular complexity index is 848. The lowest BCUT2D eigenvalue weighted by molar-refractivity contribution is -0.123. The van der Waals surface area contributed by atoms with Crippen LogP contribution in [0.25, 0.3) is 0 Å². The minimum absolute atomic E-state index is 0.141. The highest BCUT2D eigenvalue weighted by atomic mass is 16.6. The van der Waals surface area contributed by atoms with Gasteiger partial charge in [0.15, 0.2) is 17.6 Å². The lowest BCUT2D eigenvalue weighted by atomic mass is 10.2. The molecule has 8 heteroatoms. The van der Waals surface area contributed by atoms with Gasteiger partial charge in [-0.05, 0) is 43.3 Å². The predicted molar refractivity (Wildman–Crippen MR) is 98.0 cm³/mol. The summed E-state index contributed by atoms with van der Waals surface area (Å²) in [4.78, 5) is 35.7. The number of carbonyl (C=O) groups is 3. The summed E-state index contributed by atoms with van der Waals surface area (Å²) in [6, 6.07) is 10.8. The van der Waals surface area contributed by atoms with Gasteiger partial charge in [0.1, 0.15) is 5.56 Å². The number of rotatable bonds is 7. The van der Waals surface area contributed by atoms with E-state index in [2.05, 4.69) is 5.32 Å². The molecule has 142 valence electrons. The quantitative estimate of drug-likeness (QED) is 0.718. The van der Waals surface area contributed by atoms with Crippen LogP contribution in [0.1, 0.15) is 27.6 Å². The van der Waals surface area contributed by atoms with Crippen molar-refractivity contribution in [3.63, 3.8) is 0 Å². The van der Waals surface area contributed by atoms with Crippen molar-refractivity contribution in [3.05, 3.63) is 53.6 Å². The number of hydrogen-bond acceptors (Lipinski definition) is 6. The first-order valence-corrected chi connectivity index (χ1v) is 8.00. The van der Waals surface area contributed by atoms with Crippen LogP contribution in [0, 0.1) is 0 Å². The molecule has 3 N–H and O–H groups in total. The van der Waals surface area contributed by atoms with Gasteiger partial charge in [-0.15, -0.1) is 0 Å². The second-order valence-electron chi connectivity index (χ2n) is 5.52. The smallest absolute Gasteiger partial charge is 0.342 e. The molecular weight excluding hydrogens is 352 g/mol. The van der Waals surface area contributed by atoms with Gasteiger partial charge < -0.3 is 25.3 Å². The molecule has 0 bridgehead atoms. The van der Waals surface area contributed by atoms with Gasteiger partial charge in [0.05, 0.1) is 14.2 Å². The molecule has 0 radical (unpaired) electrons. The lowest BCUT2D eigenvalue weighted by Gasteiger charge is -2.16. The first-order valence-electron chi connectivity index (χ1n) is 8.00. The van der Waals surface area contributed by atoms with Crippen LogP contribution >= 0.6 is 0 Å². The van der Waals surface area contributed by atoms with E-state index in [1.807, 2.05) is 0 Å². The third-order valence-corrected chi connectivity index (χ3v) is 3.71. The molecule has 2 rings (SSSR count). The van der Waals surface area contributed by atoms with Crippen molar-refractivity contribution in [2.75, 3.05) is 19.5 Å². The number of ether oxygens (including phenoxy) is 3. The Morgan fingerprint density at radius 3 is 2.22 bits per heavy atom. The summed E-state index contributed by atoms with van der Waals surface area (Å²) in [7, 11) is 2.85. The fraction of sp³-hybridized carbons (Fsp3) is 0.211. The fourth-order valence-corrected chi connectivity index (χ4v) is 2.29. The highest BCUT2D eigenvalue weighted by Gasteiger charge is 2.23. The van der Waals surface area contributed by atoms with E-state index >= 15 is 0 Å². The molecule has 27 heavy (non-hydrogen) atoms. The monoisotopic (exact) mass is 372 g/mol. The van der Waals surface area contributed by atoms with Crippen LogP contribution in [0.3, 0.4) is 0 Å². The number of esters is 1. The van der Waals surface area contributed by atoms with Gasteiger partial charge in [-0.3, -0.25) is 9.59 Å². The largest absolute Gasteiger partial charge is 0.493 e. The Balaban J connectivity index is 2.05. The molecule has 2 aromatic rings. The number of hydrogen-bond donors (Lipinski definition) is 2. The summed E-state index contributed by atoms with van der Waals surface area (Å²) in [5.74, 6) is -1.23. The molecule has 0 saturated heterocycles. The average molecular weight is 372 g/mol. The SMILES string of the molecule is COc1cccc(C(=O)OC(C)C(=O)Nc2ccc(C(N)=O)cc2)c1OC. The number of primary amides is 1. The molecule has 0 aromatic heterocycles. The van der Waals surface area contributed by atoms with Gasteiger partial charge in [-0.25, -0.2) is 4.79 Å². The summed E-state index contributed by atoms with van der Waals surface area (Å²) in [6.45, 7) is 1.44. The summed E-state index contributed by atoms with van der Waals surface area (Å²) in [5, 5.41) is 2.59. The molecule has 0 heterocycles. The van der Waals surface area contributed by atoms with E-state index in [1.54, 1.807) is 12.1 Å². The van der Waals surface area contributed by atoms with E-state index in [1.165, 1.54) is 51.5 Å². The van der Waals surface area contributed by atoms with Crippen LogP contribution in [0.2, 0.25) is 0 Å². The lowest BCUT2D eigenvalue weighted by Crippen LogP contribution is -2.30. The zero-order valence-electron chi connectivity index (χ0n) is 15.1. The molecule has 8 nitrogen and oxygen atoms in total. The maximum Gasteiger partial charge on any atom is 0.342 e. The first-order chi connectivity index (χ1) is 12.9. The Morgan fingerprint density at radius 2 is 1.67 bits per heavy atom. The molecule has 0 saturated carbocycles. The van der Waals surface area contributed by atoms with Crippen LogP contribution in [0.4, 0.5) is 5.69 Å². The van der Waals surface area contributed by atoms with Crippen molar-refractivity contribution in [1.82, 2.24) is 0 Å². The topological polar surface area (TPSA) is 117 Å². The van der Waals surface area contributed by atoms with Crippen LogP contribution in [-0.2, 0) is 9.53 Å². The number of benzene rings is 2. The van der Waals surface area contributed by atoms with Gasteiger partial charge in [0.25, 0.3) is 5.91 Å². The van der Waals surface area contributed by atoms with Crippen molar-refractivity contribution in [2.24, 2.45) is 5.73 Å². The maximum absolute atomic E-state index is 12.4. The standard InChI is InChI=1S/C19H20N2O6/c1-11(18(23)21-13-9-7-12(8-10-13)17(20)22)27-19(24)14-5-4-6-15(25-2)16(14)26-3/h4-11H,1-3H3,(H2,20,22)(H,21,23). The Hall–Kier alpha value is -3.55. The summed E-state index contributed by atoms with van der Waals surface area (Å²) >= 11 is 0. The normalized spacial score (nSPS) is 11.2. The van der Waals surface area contributed by atoms with E-state index in [-0.39, 0.29) is 11.3 Å². The molecule has 0 aliphatic heterocycles. The number of methoxy groups -OCH3 is 2. The number of nitrogens with two attached hydrogens (primary N) is 1. The summed E-state index contributed by atoms with van der Waals surface area (Å²) < 4.78 is 15.5. The number of nitrogens with one attached hydrogen (secondary N) is 1. The Kier molecular flexibility index (Phi) is 6.37. The van der Waals surface area contributed by atoms with Gasteiger partial charge in [0.2, 0.25) is 5.91 Å². The van der Waals surface area contributed by atoms with Gasteiger partial charge in [-0.2, -0.15) is 0 Å². The third-order valence-electron chi connectivity index (χ3n) is 3.71. The second kappa shape index (κ2) is 8.70. The third kappa shape index (κ3) is 4.75. The Labute approximate surface area is 156 Å². The Morgan fingerprint density at radius 1 is 1.00 bits per heavy atom. The van der Waals surface area contributed by atoms with E-state index in [9.17, 15) is 14.4 Å². The van der Waals surface area contributed by atoms with E-state index in [4.69, 9.17) is 19.9 Å². The van der Waals surface area contributed by atoms with Crippen LogP contribution in [0.15, 0.2) is 42.5 Å². The number of para-hydroxylation sites is 1. The van der Waals surface area contributed by atoms with Gasteiger partial charge in [0, 0.05) is 11.3 Å². The van der Waals surface area contributed by atoms with Gasteiger partial charge in [-0.1, -0.05) is 6.07 Å². The zero-order valence-corrected chi connectivity index (χ0v) is 15.1. The fourth-order valence-electron chi connectivity index (χ4n) is 2.29. The predicted octanol–water partition coefficient (Wildman–Crippen LogP) is 1.99. The van der Waals surface area contributed by atoms with Gasteiger partial charge >= 0.3 is 5.97 Å². The highest BCUT2D eigenvalue weighted by molar-refractivity contribution is 5.99. The second-order valence-corrected chi connectivity index (χ2v) is 5.52. The molecule has 2 aromatic carbocycles. The van der Waals surface area contributed by atoms with Crippen LogP contribution < -0.4 is 20.5 Å².